The monoisotopic (exact) mass is 252 g/mol. The van der Waals surface area contributed by atoms with Crippen LogP contribution in [0.5, 0.6) is 11.5 Å². The molecule has 1 aliphatic carbocycles. The average molecular weight is 252 g/mol. The zero-order chi connectivity index (χ0) is 12.8. The van der Waals surface area contributed by atoms with Crippen LogP contribution >= 0.6 is 0 Å². The second kappa shape index (κ2) is 3.86. The van der Waals surface area contributed by atoms with Crippen LogP contribution in [0.1, 0.15) is 42.5 Å². The maximum atomic E-state index is 13.5. The zero-order valence-corrected chi connectivity index (χ0v) is 9.74. The number of benzene rings is 1. The van der Waals surface area contributed by atoms with Crippen molar-refractivity contribution in [1.82, 2.24) is 0 Å². The minimum atomic E-state index is -1.33. The third-order valence-corrected chi connectivity index (χ3v) is 3.48. The molecule has 1 saturated carbocycles. The molecule has 1 aromatic rings. The Morgan fingerprint density at radius 3 is 2.61 bits per heavy atom. The summed E-state index contributed by atoms with van der Waals surface area (Å²) in [6.07, 6.45) is 4.48. The minimum Gasteiger partial charge on any atom is -0.477 e. The van der Waals surface area contributed by atoms with Gasteiger partial charge in [0.1, 0.15) is 11.4 Å². The van der Waals surface area contributed by atoms with Crippen LogP contribution in [0.2, 0.25) is 0 Å². The second-order valence-corrected chi connectivity index (χ2v) is 4.73. The maximum Gasteiger partial charge on any atom is 0.342 e. The molecule has 0 radical (unpaired) electrons. The Bertz CT molecular complexity index is 506. The van der Waals surface area contributed by atoms with Crippen LogP contribution in [0.4, 0.5) is 4.39 Å². The van der Waals surface area contributed by atoms with E-state index >= 15 is 0 Å². The molecule has 2 aliphatic rings. The summed E-state index contributed by atoms with van der Waals surface area (Å²) >= 11 is 0. The number of carboxylic acids is 1. The Balaban J connectivity index is 2.02. The fourth-order valence-corrected chi connectivity index (χ4v) is 2.62. The van der Waals surface area contributed by atoms with Gasteiger partial charge in [-0.1, -0.05) is 6.42 Å². The van der Waals surface area contributed by atoms with Crippen LogP contribution in [0.3, 0.4) is 0 Å². The number of aromatic carboxylic acids is 1. The van der Waals surface area contributed by atoms with Crippen LogP contribution in [0, 0.1) is 5.82 Å². The first kappa shape index (κ1) is 11.3. The summed E-state index contributed by atoms with van der Waals surface area (Å²) in [4.78, 5) is 11.1. The molecule has 1 N–H and O–H groups in total. The van der Waals surface area contributed by atoms with Crippen molar-refractivity contribution in [2.45, 2.75) is 37.9 Å². The summed E-state index contributed by atoms with van der Waals surface area (Å²) in [6.45, 7) is 0. The highest BCUT2D eigenvalue weighted by molar-refractivity contribution is 5.92. The first-order valence-electron chi connectivity index (χ1n) is 6.05. The van der Waals surface area contributed by atoms with Gasteiger partial charge >= 0.3 is 5.97 Å². The van der Waals surface area contributed by atoms with Gasteiger partial charge in [-0.05, 0) is 25.0 Å². The molecule has 0 saturated heterocycles. The lowest BCUT2D eigenvalue weighted by Gasteiger charge is -2.31. The van der Waals surface area contributed by atoms with Gasteiger partial charge < -0.3 is 14.6 Å². The second-order valence-electron chi connectivity index (χ2n) is 4.73. The molecule has 0 atom stereocenters. The summed E-state index contributed by atoms with van der Waals surface area (Å²) in [6, 6.07) is 2.54. The van der Waals surface area contributed by atoms with Gasteiger partial charge in [0, 0.05) is 12.8 Å². The third-order valence-electron chi connectivity index (χ3n) is 3.48. The van der Waals surface area contributed by atoms with E-state index in [-0.39, 0.29) is 5.75 Å². The normalized spacial score (nSPS) is 20.1. The topological polar surface area (TPSA) is 55.8 Å². The van der Waals surface area contributed by atoms with Gasteiger partial charge in [0.15, 0.2) is 11.5 Å². The van der Waals surface area contributed by atoms with Crippen molar-refractivity contribution in [2.75, 3.05) is 0 Å². The highest BCUT2D eigenvalue weighted by Crippen LogP contribution is 2.47. The van der Waals surface area contributed by atoms with Crippen molar-refractivity contribution in [3.63, 3.8) is 0 Å². The van der Waals surface area contributed by atoms with Gasteiger partial charge in [0.05, 0.1) is 0 Å². The molecule has 4 nitrogen and oxygen atoms in total. The van der Waals surface area contributed by atoms with Crippen LogP contribution in [0.15, 0.2) is 12.1 Å². The third kappa shape index (κ3) is 1.62. The van der Waals surface area contributed by atoms with E-state index in [4.69, 9.17) is 14.6 Å². The van der Waals surface area contributed by atoms with Crippen molar-refractivity contribution in [2.24, 2.45) is 0 Å². The molecule has 1 heterocycles. The molecule has 1 fully saturated rings. The van der Waals surface area contributed by atoms with Crippen molar-refractivity contribution in [3.8, 4) is 11.5 Å². The molecule has 0 bridgehead atoms. The standard InChI is InChI=1S/C13H13FO4/c14-8-4-5-9-11(10(8)12(15)16)18-13(17-9)6-2-1-3-7-13/h4-5H,1-3,6-7H2,(H,15,16). The van der Waals surface area contributed by atoms with Gasteiger partial charge in [0.2, 0.25) is 0 Å². The number of carboxylic acid groups (broad SMARTS) is 1. The Morgan fingerprint density at radius 2 is 1.94 bits per heavy atom. The minimum absolute atomic E-state index is 0.0319. The highest BCUT2D eigenvalue weighted by atomic mass is 19.1. The molecule has 18 heavy (non-hydrogen) atoms. The average Bonchev–Trinajstić information content (AvgIpc) is 2.67. The van der Waals surface area contributed by atoms with Crippen LogP contribution < -0.4 is 9.47 Å². The number of halogens is 1. The SMILES string of the molecule is O=C(O)c1c(F)ccc2c1OC1(CCCCC1)O2. The van der Waals surface area contributed by atoms with Gasteiger partial charge in [-0.25, -0.2) is 9.18 Å². The molecular formula is C13H13FO4. The summed E-state index contributed by atoms with van der Waals surface area (Å²) in [5, 5.41) is 9.04. The quantitative estimate of drug-likeness (QED) is 0.834. The van der Waals surface area contributed by atoms with Gasteiger partial charge in [-0.2, -0.15) is 0 Å². The van der Waals surface area contributed by atoms with Crippen molar-refractivity contribution < 1.29 is 23.8 Å². The van der Waals surface area contributed by atoms with Gasteiger partial charge in [0.25, 0.3) is 5.79 Å². The predicted molar refractivity (Wildman–Crippen MR) is 60.4 cm³/mol. The molecule has 96 valence electrons. The first-order valence-corrected chi connectivity index (χ1v) is 6.05. The Kier molecular flexibility index (Phi) is 2.43. The molecular weight excluding hydrogens is 239 g/mol. The van der Waals surface area contributed by atoms with E-state index in [1.54, 1.807) is 0 Å². The smallest absolute Gasteiger partial charge is 0.342 e. The highest BCUT2D eigenvalue weighted by Gasteiger charge is 2.44. The Labute approximate surface area is 103 Å². The van der Waals surface area contributed by atoms with Crippen molar-refractivity contribution >= 4 is 5.97 Å². The Morgan fingerprint density at radius 1 is 1.22 bits per heavy atom. The summed E-state index contributed by atoms with van der Waals surface area (Å²) in [5.74, 6) is -2.54. The van der Waals surface area contributed by atoms with E-state index in [1.807, 2.05) is 0 Å². The van der Waals surface area contributed by atoms with E-state index in [1.165, 1.54) is 6.07 Å². The fourth-order valence-electron chi connectivity index (χ4n) is 2.62. The molecule has 5 heteroatoms. The maximum absolute atomic E-state index is 13.5. The number of hydrogen-bond donors (Lipinski definition) is 1. The largest absolute Gasteiger partial charge is 0.477 e. The van der Waals surface area contributed by atoms with E-state index in [0.29, 0.717) is 18.6 Å². The van der Waals surface area contributed by atoms with Crippen LogP contribution in [-0.2, 0) is 0 Å². The number of rotatable bonds is 1. The lowest BCUT2D eigenvalue weighted by molar-refractivity contribution is -0.105. The molecule has 3 rings (SSSR count). The van der Waals surface area contributed by atoms with Crippen LogP contribution in [0.25, 0.3) is 0 Å². The predicted octanol–water partition coefficient (Wildman–Crippen LogP) is 2.96. The molecule has 1 aromatic carbocycles. The molecule has 0 amide bonds. The Hall–Kier alpha value is -1.78. The van der Waals surface area contributed by atoms with Crippen LogP contribution in [-0.4, -0.2) is 16.9 Å². The fraction of sp³-hybridized carbons (Fsp3) is 0.462. The van der Waals surface area contributed by atoms with Crippen molar-refractivity contribution in [1.29, 1.82) is 0 Å². The lowest BCUT2D eigenvalue weighted by atomic mass is 9.94. The van der Waals surface area contributed by atoms with Gasteiger partial charge in [-0.3, -0.25) is 0 Å². The first-order chi connectivity index (χ1) is 8.61. The van der Waals surface area contributed by atoms with E-state index in [9.17, 15) is 9.18 Å². The van der Waals surface area contributed by atoms with E-state index < -0.39 is 23.1 Å². The number of fused-ring (bicyclic) bond motifs is 1. The van der Waals surface area contributed by atoms with Gasteiger partial charge in [-0.15, -0.1) is 0 Å². The molecule has 1 aliphatic heterocycles. The molecule has 0 aromatic heterocycles. The lowest BCUT2D eigenvalue weighted by Crippen LogP contribution is -2.40. The van der Waals surface area contributed by atoms with E-state index in [0.717, 1.165) is 25.3 Å². The molecule has 0 unspecified atom stereocenters. The molecule has 1 spiro atoms. The number of ether oxygens (including phenoxy) is 2. The summed E-state index contributed by atoms with van der Waals surface area (Å²) in [7, 11) is 0. The summed E-state index contributed by atoms with van der Waals surface area (Å²) < 4.78 is 24.9. The van der Waals surface area contributed by atoms with E-state index in [2.05, 4.69) is 0 Å². The van der Waals surface area contributed by atoms with Crippen molar-refractivity contribution in [3.05, 3.63) is 23.5 Å². The summed E-state index contributed by atoms with van der Waals surface area (Å²) in [5.41, 5.74) is -0.435. The number of hydrogen-bond acceptors (Lipinski definition) is 3. The zero-order valence-electron chi connectivity index (χ0n) is 9.74. The number of carbonyl (C=O) groups is 1.